The first kappa shape index (κ1) is 9.40. The summed E-state index contributed by atoms with van der Waals surface area (Å²) < 4.78 is 5.38. The average Bonchev–Trinajstić information content (AvgIpc) is 2.82. The van der Waals surface area contributed by atoms with Gasteiger partial charge in [0.1, 0.15) is 5.76 Å². The van der Waals surface area contributed by atoms with E-state index in [2.05, 4.69) is 0 Å². The molecule has 3 rings (SSSR count). The highest BCUT2D eigenvalue weighted by atomic mass is 16.3. The van der Waals surface area contributed by atoms with Crippen molar-refractivity contribution >= 4 is 5.78 Å². The van der Waals surface area contributed by atoms with E-state index in [1.165, 1.54) is 0 Å². The predicted octanol–water partition coefficient (Wildman–Crippen LogP) is 3.19. The number of furan rings is 1. The minimum Gasteiger partial charge on any atom is -0.469 e. The molecule has 1 aromatic heterocycles. The minimum absolute atomic E-state index is 0.206. The predicted molar refractivity (Wildman–Crippen MR) is 60.5 cm³/mol. The van der Waals surface area contributed by atoms with Crippen LogP contribution < -0.4 is 0 Å². The standard InChI is InChI=1S/C14H12O2/c15-13-9-11(14-6-3-7-16-14)8-10-4-1-2-5-12(10)13/h1-7,11H,8-9H2. The number of ketones is 1. The van der Waals surface area contributed by atoms with Gasteiger partial charge in [-0.25, -0.2) is 0 Å². The molecule has 1 aliphatic rings. The third-order valence-electron chi connectivity index (χ3n) is 3.16. The van der Waals surface area contributed by atoms with Gasteiger partial charge in [0.2, 0.25) is 0 Å². The summed E-state index contributed by atoms with van der Waals surface area (Å²) in [6.07, 6.45) is 3.13. The highest BCUT2D eigenvalue weighted by molar-refractivity contribution is 5.99. The first-order chi connectivity index (χ1) is 7.84. The zero-order valence-electron chi connectivity index (χ0n) is 8.85. The quantitative estimate of drug-likeness (QED) is 0.726. The van der Waals surface area contributed by atoms with Crippen LogP contribution in [-0.4, -0.2) is 5.78 Å². The van der Waals surface area contributed by atoms with Crippen LogP contribution in [0.2, 0.25) is 0 Å². The Morgan fingerprint density at radius 2 is 1.94 bits per heavy atom. The van der Waals surface area contributed by atoms with E-state index in [1.54, 1.807) is 6.26 Å². The normalized spacial score (nSPS) is 19.5. The van der Waals surface area contributed by atoms with E-state index in [0.29, 0.717) is 6.42 Å². The second kappa shape index (κ2) is 3.63. The summed E-state index contributed by atoms with van der Waals surface area (Å²) in [5, 5.41) is 0. The van der Waals surface area contributed by atoms with E-state index >= 15 is 0 Å². The lowest BCUT2D eigenvalue weighted by Gasteiger charge is -2.21. The van der Waals surface area contributed by atoms with Crippen molar-refractivity contribution in [2.45, 2.75) is 18.8 Å². The Bertz CT molecular complexity index is 511. The molecule has 16 heavy (non-hydrogen) atoms. The number of hydrogen-bond donors (Lipinski definition) is 0. The highest BCUT2D eigenvalue weighted by Crippen LogP contribution is 2.32. The average molecular weight is 212 g/mol. The van der Waals surface area contributed by atoms with E-state index in [4.69, 9.17) is 4.42 Å². The van der Waals surface area contributed by atoms with Crippen LogP contribution in [0.4, 0.5) is 0 Å². The van der Waals surface area contributed by atoms with Crippen LogP contribution in [0.15, 0.2) is 47.1 Å². The number of fused-ring (bicyclic) bond motifs is 1. The topological polar surface area (TPSA) is 30.2 Å². The fourth-order valence-corrected chi connectivity index (χ4v) is 2.37. The van der Waals surface area contributed by atoms with Crippen LogP contribution in [0, 0.1) is 0 Å². The highest BCUT2D eigenvalue weighted by Gasteiger charge is 2.27. The Morgan fingerprint density at radius 3 is 2.75 bits per heavy atom. The largest absolute Gasteiger partial charge is 0.469 e. The molecular formula is C14H12O2. The third-order valence-corrected chi connectivity index (χ3v) is 3.16. The summed E-state index contributed by atoms with van der Waals surface area (Å²) in [5.41, 5.74) is 2.02. The summed E-state index contributed by atoms with van der Waals surface area (Å²) in [6.45, 7) is 0. The lowest BCUT2D eigenvalue weighted by atomic mass is 9.82. The Hall–Kier alpha value is -1.83. The molecule has 0 amide bonds. The summed E-state index contributed by atoms with van der Waals surface area (Å²) in [7, 11) is 0. The molecule has 1 heterocycles. The number of carbonyl (C=O) groups is 1. The molecule has 1 aromatic carbocycles. The van der Waals surface area contributed by atoms with Gasteiger partial charge in [0.25, 0.3) is 0 Å². The van der Waals surface area contributed by atoms with Gasteiger partial charge in [0.15, 0.2) is 5.78 Å². The molecule has 0 radical (unpaired) electrons. The first-order valence-electron chi connectivity index (χ1n) is 5.49. The Labute approximate surface area is 93.9 Å². The zero-order valence-corrected chi connectivity index (χ0v) is 8.85. The smallest absolute Gasteiger partial charge is 0.163 e. The van der Waals surface area contributed by atoms with Gasteiger partial charge in [-0.1, -0.05) is 24.3 Å². The molecule has 2 aromatic rings. The van der Waals surface area contributed by atoms with Crippen molar-refractivity contribution in [3.63, 3.8) is 0 Å². The van der Waals surface area contributed by atoms with Gasteiger partial charge < -0.3 is 4.42 Å². The van der Waals surface area contributed by atoms with E-state index in [0.717, 1.165) is 23.3 Å². The van der Waals surface area contributed by atoms with Gasteiger partial charge in [-0.3, -0.25) is 4.79 Å². The zero-order chi connectivity index (χ0) is 11.0. The molecule has 0 saturated heterocycles. The summed E-state index contributed by atoms with van der Waals surface area (Å²) in [6, 6.07) is 11.7. The molecule has 1 aliphatic carbocycles. The van der Waals surface area contributed by atoms with Crippen LogP contribution in [-0.2, 0) is 6.42 Å². The molecule has 0 spiro atoms. The fourth-order valence-electron chi connectivity index (χ4n) is 2.37. The van der Waals surface area contributed by atoms with Crippen molar-refractivity contribution in [3.8, 4) is 0 Å². The molecule has 2 nitrogen and oxygen atoms in total. The van der Waals surface area contributed by atoms with E-state index in [9.17, 15) is 4.79 Å². The Balaban J connectivity index is 1.98. The van der Waals surface area contributed by atoms with Crippen molar-refractivity contribution in [2.24, 2.45) is 0 Å². The van der Waals surface area contributed by atoms with Crippen molar-refractivity contribution < 1.29 is 9.21 Å². The van der Waals surface area contributed by atoms with Crippen molar-refractivity contribution in [1.29, 1.82) is 0 Å². The maximum absolute atomic E-state index is 11.9. The molecule has 0 bridgehead atoms. The fraction of sp³-hybridized carbons (Fsp3) is 0.214. The maximum atomic E-state index is 11.9. The number of benzene rings is 1. The van der Waals surface area contributed by atoms with Crippen LogP contribution in [0.1, 0.15) is 34.0 Å². The van der Waals surface area contributed by atoms with Gasteiger partial charge in [-0.05, 0) is 24.1 Å². The molecular weight excluding hydrogens is 200 g/mol. The van der Waals surface area contributed by atoms with Gasteiger partial charge in [-0.2, -0.15) is 0 Å². The second-order valence-corrected chi connectivity index (χ2v) is 4.20. The van der Waals surface area contributed by atoms with Crippen LogP contribution in [0.3, 0.4) is 0 Å². The SMILES string of the molecule is O=C1CC(c2ccco2)Cc2ccccc21. The van der Waals surface area contributed by atoms with Crippen LogP contribution in [0.25, 0.3) is 0 Å². The van der Waals surface area contributed by atoms with E-state index in [-0.39, 0.29) is 11.7 Å². The monoisotopic (exact) mass is 212 g/mol. The third kappa shape index (κ3) is 1.47. The van der Waals surface area contributed by atoms with Gasteiger partial charge in [0.05, 0.1) is 6.26 Å². The maximum Gasteiger partial charge on any atom is 0.163 e. The van der Waals surface area contributed by atoms with Crippen molar-refractivity contribution in [3.05, 3.63) is 59.5 Å². The molecule has 0 aliphatic heterocycles. The molecule has 0 saturated carbocycles. The molecule has 80 valence electrons. The molecule has 0 N–H and O–H groups in total. The van der Waals surface area contributed by atoms with E-state index in [1.807, 2.05) is 36.4 Å². The lowest BCUT2D eigenvalue weighted by Crippen LogP contribution is -2.18. The Morgan fingerprint density at radius 1 is 1.06 bits per heavy atom. The number of rotatable bonds is 1. The number of carbonyl (C=O) groups excluding carboxylic acids is 1. The van der Waals surface area contributed by atoms with Gasteiger partial charge in [-0.15, -0.1) is 0 Å². The van der Waals surface area contributed by atoms with E-state index < -0.39 is 0 Å². The molecule has 0 fully saturated rings. The Kier molecular flexibility index (Phi) is 2.13. The summed E-state index contributed by atoms with van der Waals surface area (Å²) in [5.74, 6) is 1.35. The van der Waals surface area contributed by atoms with Gasteiger partial charge in [0, 0.05) is 17.9 Å². The molecule has 2 heteroatoms. The molecule has 1 unspecified atom stereocenters. The summed E-state index contributed by atoms with van der Waals surface area (Å²) in [4.78, 5) is 11.9. The number of Topliss-reactive ketones (excluding diaryl/α,β-unsaturated/α-hetero) is 1. The van der Waals surface area contributed by atoms with Gasteiger partial charge >= 0.3 is 0 Å². The molecule has 1 atom stereocenters. The number of hydrogen-bond acceptors (Lipinski definition) is 2. The minimum atomic E-state index is 0.206. The van der Waals surface area contributed by atoms with Crippen molar-refractivity contribution in [2.75, 3.05) is 0 Å². The summed E-state index contributed by atoms with van der Waals surface area (Å²) >= 11 is 0. The van der Waals surface area contributed by atoms with Crippen LogP contribution >= 0.6 is 0 Å². The lowest BCUT2D eigenvalue weighted by molar-refractivity contribution is 0.0960. The first-order valence-corrected chi connectivity index (χ1v) is 5.49. The van der Waals surface area contributed by atoms with Crippen molar-refractivity contribution in [1.82, 2.24) is 0 Å². The second-order valence-electron chi connectivity index (χ2n) is 4.20. The van der Waals surface area contributed by atoms with Crippen LogP contribution in [0.5, 0.6) is 0 Å².